The predicted octanol–water partition coefficient (Wildman–Crippen LogP) is 2.35. The standard InChI is InChI=1S/C21H17N3O4/c25-15-2-1-9-22-18(15)23-19(26)11-5-7-14(8-6-11)24-20(27)16-12-3-4-13(10-12)17(16)21(24)28/h1-9,12-13,16-17,25H,10H2,(H,22,23,26). The van der Waals surface area contributed by atoms with Crippen LogP contribution in [-0.4, -0.2) is 27.8 Å². The van der Waals surface area contributed by atoms with Gasteiger partial charge in [-0.25, -0.2) is 4.98 Å². The highest BCUT2D eigenvalue weighted by Gasteiger charge is 2.59. The molecule has 3 amide bonds. The van der Waals surface area contributed by atoms with E-state index in [9.17, 15) is 19.5 Å². The van der Waals surface area contributed by atoms with Gasteiger partial charge in [0, 0.05) is 11.8 Å². The molecular weight excluding hydrogens is 358 g/mol. The van der Waals surface area contributed by atoms with Gasteiger partial charge in [-0.15, -0.1) is 0 Å². The molecule has 2 heterocycles. The maximum absolute atomic E-state index is 12.8. The zero-order valence-electron chi connectivity index (χ0n) is 14.8. The van der Waals surface area contributed by atoms with E-state index in [0.717, 1.165) is 6.42 Å². The molecule has 1 aromatic heterocycles. The number of imide groups is 1. The van der Waals surface area contributed by atoms with Crippen LogP contribution in [0.4, 0.5) is 11.5 Å². The van der Waals surface area contributed by atoms with E-state index in [1.54, 1.807) is 30.3 Å². The number of hydrogen-bond acceptors (Lipinski definition) is 5. The van der Waals surface area contributed by atoms with Gasteiger partial charge in [0.25, 0.3) is 5.91 Å². The van der Waals surface area contributed by atoms with Gasteiger partial charge in [-0.2, -0.15) is 0 Å². The first-order valence-corrected chi connectivity index (χ1v) is 9.16. The topological polar surface area (TPSA) is 99.6 Å². The number of aromatic hydroxyl groups is 1. The third kappa shape index (κ3) is 2.36. The van der Waals surface area contributed by atoms with Crippen molar-refractivity contribution in [3.63, 3.8) is 0 Å². The Hall–Kier alpha value is -3.48. The lowest BCUT2D eigenvalue weighted by Crippen LogP contribution is -2.32. The van der Waals surface area contributed by atoms with Crippen LogP contribution in [0.3, 0.4) is 0 Å². The summed E-state index contributed by atoms with van der Waals surface area (Å²) in [5.74, 6) is -0.994. The third-order valence-corrected chi connectivity index (χ3v) is 5.88. The highest BCUT2D eigenvalue weighted by molar-refractivity contribution is 6.23. The lowest BCUT2D eigenvalue weighted by molar-refractivity contribution is -0.123. The summed E-state index contributed by atoms with van der Waals surface area (Å²) in [5, 5.41) is 12.2. The Balaban J connectivity index is 1.36. The molecule has 7 nitrogen and oxygen atoms in total. The Morgan fingerprint density at radius 2 is 1.68 bits per heavy atom. The highest BCUT2D eigenvalue weighted by atomic mass is 16.3. The molecule has 2 bridgehead atoms. The van der Waals surface area contributed by atoms with Crippen LogP contribution in [0, 0.1) is 23.7 Å². The van der Waals surface area contributed by atoms with Gasteiger partial charge in [0.05, 0.1) is 17.5 Å². The maximum atomic E-state index is 12.8. The van der Waals surface area contributed by atoms with Gasteiger partial charge < -0.3 is 10.4 Å². The van der Waals surface area contributed by atoms with Crippen LogP contribution >= 0.6 is 0 Å². The zero-order chi connectivity index (χ0) is 19.4. The number of fused-ring (bicyclic) bond motifs is 5. The molecule has 0 spiro atoms. The van der Waals surface area contributed by atoms with Crippen molar-refractivity contribution < 1.29 is 19.5 Å². The average molecular weight is 375 g/mol. The molecule has 5 rings (SSSR count). The number of carbonyl (C=O) groups is 3. The Kier molecular flexibility index (Phi) is 3.58. The number of allylic oxidation sites excluding steroid dienone is 2. The number of hydrogen-bond donors (Lipinski definition) is 2. The second kappa shape index (κ2) is 6.02. The molecule has 1 aromatic carbocycles. The van der Waals surface area contributed by atoms with E-state index in [1.165, 1.54) is 17.2 Å². The Bertz CT molecular complexity index is 1000. The molecule has 1 saturated heterocycles. The van der Waals surface area contributed by atoms with E-state index in [2.05, 4.69) is 22.5 Å². The van der Waals surface area contributed by atoms with Crippen molar-refractivity contribution in [1.82, 2.24) is 4.98 Å². The molecule has 0 radical (unpaired) electrons. The van der Waals surface area contributed by atoms with Crippen molar-refractivity contribution >= 4 is 29.2 Å². The van der Waals surface area contributed by atoms with Crippen LogP contribution in [0.5, 0.6) is 5.75 Å². The summed E-state index contributed by atoms with van der Waals surface area (Å²) in [7, 11) is 0. The smallest absolute Gasteiger partial charge is 0.256 e. The molecular formula is C21H17N3O4. The van der Waals surface area contributed by atoms with Gasteiger partial charge in [0.1, 0.15) is 0 Å². The van der Waals surface area contributed by atoms with Crippen LogP contribution < -0.4 is 10.2 Å². The lowest BCUT2D eigenvalue weighted by Gasteiger charge is -2.17. The molecule has 4 atom stereocenters. The van der Waals surface area contributed by atoms with Crippen molar-refractivity contribution in [2.45, 2.75) is 6.42 Å². The molecule has 1 aliphatic heterocycles. The molecule has 2 N–H and O–H groups in total. The summed E-state index contributed by atoms with van der Waals surface area (Å²) in [5.41, 5.74) is 0.802. The monoisotopic (exact) mass is 375 g/mol. The minimum atomic E-state index is -0.446. The molecule has 2 fully saturated rings. The summed E-state index contributed by atoms with van der Waals surface area (Å²) in [6.07, 6.45) is 6.46. The number of benzene rings is 1. The second-order valence-electron chi connectivity index (χ2n) is 7.38. The number of anilines is 2. The first-order valence-electron chi connectivity index (χ1n) is 9.16. The van der Waals surface area contributed by atoms with Gasteiger partial charge >= 0.3 is 0 Å². The average Bonchev–Trinajstić information content (AvgIpc) is 3.38. The van der Waals surface area contributed by atoms with Crippen molar-refractivity contribution in [3.05, 3.63) is 60.3 Å². The van der Waals surface area contributed by atoms with Crippen molar-refractivity contribution in [2.75, 3.05) is 10.2 Å². The fourth-order valence-corrected chi connectivity index (χ4v) is 4.59. The quantitative estimate of drug-likeness (QED) is 0.634. The van der Waals surface area contributed by atoms with Crippen LogP contribution in [0.1, 0.15) is 16.8 Å². The van der Waals surface area contributed by atoms with Crippen LogP contribution in [0.15, 0.2) is 54.7 Å². The number of rotatable bonds is 3. The number of carbonyl (C=O) groups excluding carboxylic acids is 3. The Morgan fingerprint density at radius 1 is 1.04 bits per heavy atom. The SMILES string of the molecule is O=C(Nc1ncccc1O)c1ccc(N2C(=O)C3C4C=CC(C4)C3C2=O)cc1. The molecule has 2 aromatic rings. The van der Waals surface area contributed by atoms with Crippen LogP contribution in [0.25, 0.3) is 0 Å². The molecule has 1 saturated carbocycles. The van der Waals surface area contributed by atoms with Gasteiger partial charge in [0.15, 0.2) is 11.6 Å². The van der Waals surface area contributed by atoms with Gasteiger partial charge in [-0.1, -0.05) is 12.2 Å². The van der Waals surface area contributed by atoms with Crippen molar-refractivity contribution in [1.29, 1.82) is 0 Å². The van der Waals surface area contributed by atoms with E-state index in [0.29, 0.717) is 11.3 Å². The summed E-state index contributed by atoms with van der Waals surface area (Å²) in [6, 6.07) is 9.27. The van der Waals surface area contributed by atoms with E-state index in [1.807, 2.05) is 0 Å². The molecule has 28 heavy (non-hydrogen) atoms. The van der Waals surface area contributed by atoms with E-state index >= 15 is 0 Å². The second-order valence-corrected chi connectivity index (χ2v) is 7.38. The normalized spacial score (nSPS) is 27.4. The maximum Gasteiger partial charge on any atom is 0.256 e. The lowest BCUT2D eigenvalue weighted by atomic mass is 9.85. The van der Waals surface area contributed by atoms with Gasteiger partial charge in [-0.05, 0) is 54.7 Å². The van der Waals surface area contributed by atoms with E-state index in [4.69, 9.17) is 0 Å². The Labute approximate surface area is 160 Å². The van der Waals surface area contributed by atoms with Gasteiger partial charge in [0.2, 0.25) is 11.8 Å². The van der Waals surface area contributed by atoms with Crippen molar-refractivity contribution in [3.8, 4) is 5.75 Å². The number of amides is 3. The third-order valence-electron chi connectivity index (χ3n) is 5.88. The highest BCUT2D eigenvalue weighted by Crippen LogP contribution is 2.53. The largest absolute Gasteiger partial charge is 0.504 e. The minimum Gasteiger partial charge on any atom is -0.504 e. The molecule has 140 valence electrons. The van der Waals surface area contributed by atoms with Crippen molar-refractivity contribution in [2.24, 2.45) is 23.7 Å². The number of pyridine rings is 1. The summed E-state index contributed by atoms with van der Waals surface area (Å²) in [4.78, 5) is 43.2. The summed E-state index contributed by atoms with van der Waals surface area (Å²) in [6.45, 7) is 0. The van der Waals surface area contributed by atoms with Crippen LogP contribution in [0.2, 0.25) is 0 Å². The molecule has 3 aliphatic rings. The number of aromatic nitrogens is 1. The van der Waals surface area contributed by atoms with Crippen LogP contribution in [-0.2, 0) is 9.59 Å². The van der Waals surface area contributed by atoms with E-state index in [-0.39, 0.29) is 47.1 Å². The number of nitrogens with one attached hydrogen (secondary N) is 1. The molecule has 4 unspecified atom stereocenters. The first kappa shape index (κ1) is 16.7. The summed E-state index contributed by atoms with van der Waals surface area (Å²) >= 11 is 0. The first-order chi connectivity index (χ1) is 13.5. The van der Waals surface area contributed by atoms with Gasteiger partial charge in [-0.3, -0.25) is 19.3 Å². The molecule has 7 heteroatoms. The van der Waals surface area contributed by atoms with E-state index < -0.39 is 5.91 Å². The predicted molar refractivity (Wildman–Crippen MR) is 101 cm³/mol. The summed E-state index contributed by atoms with van der Waals surface area (Å²) < 4.78 is 0. The minimum absolute atomic E-state index is 0.0669. The number of nitrogens with zero attached hydrogens (tertiary/aromatic N) is 2. The fraction of sp³-hybridized carbons (Fsp3) is 0.238. The fourth-order valence-electron chi connectivity index (χ4n) is 4.59. The Morgan fingerprint density at radius 3 is 2.29 bits per heavy atom. The molecule has 2 aliphatic carbocycles. The zero-order valence-corrected chi connectivity index (χ0v) is 14.8.